The fourth-order valence-electron chi connectivity index (χ4n) is 4.16. The third-order valence-corrected chi connectivity index (χ3v) is 6.34. The molecular formula is C24H35N3O4. The minimum atomic E-state index is -0.294. The normalized spacial score (nSPS) is 20.2. The number of carbonyl (C=O) groups is 3. The van der Waals surface area contributed by atoms with Gasteiger partial charge in [-0.3, -0.25) is 14.4 Å². The molecule has 0 radical (unpaired) electrons. The van der Waals surface area contributed by atoms with Crippen LogP contribution in [0.3, 0.4) is 0 Å². The second kappa shape index (κ2) is 9.28. The Bertz CT molecular complexity index is 838. The van der Waals surface area contributed by atoms with Crippen LogP contribution in [0.4, 0.5) is 0 Å². The van der Waals surface area contributed by atoms with Crippen LogP contribution in [-0.2, 0) is 14.4 Å². The van der Waals surface area contributed by atoms with Gasteiger partial charge in [-0.2, -0.15) is 0 Å². The Morgan fingerprint density at radius 3 is 2.39 bits per heavy atom. The molecule has 0 spiro atoms. The third kappa shape index (κ3) is 5.77. The monoisotopic (exact) mass is 429 g/mol. The van der Waals surface area contributed by atoms with Crippen molar-refractivity contribution in [2.75, 3.05) is 26.2 Å². The first kappa shape index (κ1) is 23.1. The Hall–Kier alpha value is -2.57. The zero-order valence-electron chi connectivity index (χ0n) is 19.4. The van der Waals surface area contributed by atoms with Crippen molar-refractivity contribution in [2.45, 2.75) is 65.5 Å². The Labute approximate surface area is 185 Å². The number of nitrogens with one attached hydrogen (secondary N) is 1. The lowest BCUT2D eigenvalue weighted by Gasteiger charge is -2.33. The van der Waals surface area contributed by atoms with Gasteiger partial charge in [-0.15, -0.1) is 0 Å². The highest BCUT2D eigenvalue weighted by Crippen LogP contribution is 2.26. The first-order valence-corrected chi connectivity index (χ1v) is 11.1. The molecule has 1 aromatic rings. The summed E-state index contributed by atoms with van der Waals surface area (Å²) < 4.78 is 5.67. The lowest BCUT2D eigenvalue weighted by atomic mass is 10.0. The Morgan fingerprint density at radius 1 is 1.13 bits per heavy atom. The molecule has 0 aromatic heterocycles. The summed E-state index contributed by atoms with van der Waals surface area (Å²) in [7, 11) is 0. The molecule has 0 aliphatic carbocycles. The zero-order valence-corrected chi connectivity index (χ0v) is 19.4. The van der Waals surface area contributed by atoms with Crippen LogP contribution < -0.4 is 10.1 Å². The average molecular weight is 430 g/mol. The van der Waals surface area contributed by atoms with Crippen LogP contribution in [0.2, 0.25) is 0 Å². The topological polar surface area (TPSA) is 79.0 Å². The number of hydrogen-bond donors (Lipinski definition) is 1. The SMILES string of the molecule is Cc1ccc(OCC(=O)N2CCC(NC(=O)C3CC(=O)N(C(C)(C)C)C3)CC2)cc1C. The molecule has 0 bridgehead atoms. The van der Waals surface area contributed by atoms with Gasteiger partial charge in [-0.1, -0.05) is 6.07 Å². The first-order chi connectivity index (χ1) is 14.5. The summed E-state index contributed by atoms with van der Waals surface area (Å²) in [6, 6.07) is 5.85. The van der Waals surface area contributed by atoms with E-state index in [0.717, 1.165) is 5.56 Å². The minimum absolute atomic E-state index is 0.0202. The first-order valence-electron chi connectivity index (χ1n) is 11.1. The molecule has 1 atom stereocenters. The van der Waals surface area contributed by atoms with Crippen molar-refractivity contribution in [1.82, 2.24) is 15.1 Å². The van der Waals surface area contributed by atoms with Crippen LogP contribution in [0.25, 0.3) is 0 Å². The number of rotatable bonds is 5. The average Bonchev–Trinajstić information content (AvgIpc) is 3.11. The van der Waals surface area contributed by atoms with Gasteiger partial charge in [0, 0.05) is 37.6 Å². The summed E-state index contributed by atoms with van der Waals surface area (Å²) in [6.07, 6.45) is 1.70. The van der Waals surface area contributed by atoms with Gasteiger partial charge in [0.1, 0.15) is 5.75 Å². The number of nitrogens with zero attached hydrogens (tertiary/aromatic N) is 2. The van der Waals surface area contributed by atoms with E-state index in [9.17, 15) is 14.4 Å². The van der Waals surface area contributed by atoms with E-state index in [-0.39, 0.29) is 48.2 Å². The van der Waals surface area contributed by atoms with Gasteiger partial charge >= 0.3 is 0 Å². The Kier molecular flexibility index (Phi) is 6.92. The van der Waals surface area contributed by atoms with Crippen LogP contribution >= 0.6 is 0 Å². The fourth-order valence-corrected chi connectivity index (χ4v) is 4.16. The molecule has 170 valence electrons. The quantitative estimate of drug-likeness (QED) is 0.780. The molecule has 1 unspecified atom stereocenters. The summed E-state index contributed by atoms with van der Waals surface area (Å²) in [5.41, 5.74) is 2.06. The fraction of sp³-hybridized carbons (Fsp3) is 0.625. The molecule has 1 aromatic carbocycles. The molecule has 3 amide bonds. The van der Waals surface area contributed by atoms with E-state index < -0.39 is 0 Å². The summed E-state index contributed by atoms with van der Waals surface area (Å²) in [5.74, 6) is 0.358. The lowest BCUT2D eigenvalue weighted by Crippen LogP contribution is -2.49. The highest BCUT2D eigenvalue weighted by molar-refractivity contribution is 5.89. The molecule has 7 nitrogen and oxygen atoms in total. The number of carbonyl (C=O) groups excluding carboxylic acids is 3. The van der Waals surface area contributed by atoms with Crippen molar-refractivity contribution in [3.63, 3.8) is 0 Å². The number of benzene rings is 1. The third-order valence-electron chi connectivity index (χ3n) is 6.34. The van der Waals surface area contributed by atoms with E-state index >= 15 is 0 Å². The van der Waals surface area contributed by atoms with Crippen LogP contribution in [0.15, 0.2) is 18.2 Å². The van der Waals surface area contributed by atoms with Crippen molar-refractivity contribution in [3.8, 4) is 5.75 Å². The number of hydrogen-bond acceptors (Lipinski definition) is 4. The Balaban J connectivity index is 1.42. The maximum Gasteiger partial charge on any atom is 0.260 e. The number of likely N-dealkylation sites (tertiary alicyclic amines) is 2. The Morgan fingerprint density at radius 2 is 1.81 bits per heavy atom. The molecule has 2 heterocycles. The van der Waals surface area contributed by atoms with Gasteiger partial charge in [0.05, 0.1) is 5.92 Å². The largest absolute Gasteiger partial charge is 0.484 e. The molecular weight excluding hydrogens is 394 g/mol. The molecule has 2 aliphatic rings. The van der Waals surface area contributed by atoms with Gasteiger partial charge in [-0.25, -0.2) is 0 Å². The molecule has 3 rings (SSSR count). The predicted molar refractivity (Wildman–Crippen MR) is 119 cm³/mol. The zero-order chi connectivity index (χ0) is 22.8. The van der Waals surface area contributed by atoms with E-state index in [4.69, 9.17) is 4.74 Å². The molecule has 1 N–H and O–H groups in total. The predicted octanol–water partition coefficient (Wildman–Crippen LogP) is 2.44. The van der Waals surface area contributed by atoms with E-state index in [2.05, 4.69) is 5.32 Å². The lowest BCUT2D eigenvalue weighted by molar-refractivity contribution is -0.135. The van der Waals surface area contributed by atoms with Crippen molar-refractivity contribution < 1.29 is 19.1 Å². The van der Waals surface area contributed by atoms with Gasteiger partial charge in [0.15, 0.2) is 6.61 Å². The van der Waals surface area contributed by atoms with Crippen molar-refractivity contribution in [2.24, 2.45) is 5.92 Å². The van der Waals surface area contributed by atoms with E-state index in [1.807, 2.05) is 52.8 Å². The maximum absolute atomic E-state index is 12.7. The summed E-state index contributed by atoms with van der Waals surface area (Å²) in [4.78, 5) is 41.0. The standard InChI is InChI=1S/C24H35N3O4/c1-16-6-7-20(12-17(16)2)31-15-22(29)26-10-8-19(9-11-26)25-23(30)18-13-21(28)27(14-18)24(3,4)5/h6-7,12,18-19H,8-11,13-15H2,1-5H3,(H,25,30). The minimum Gasteiger partial charge on any atom is -0.484 e. The van der Waals surface area contributed by atoms with E-state index in [0.29, 0.717) is 38.2 Å². The highest BCUT2D eigenvalue weighted by atomic mass is 16.5. The second-order valence-corrected chi connectivity index (χ2v) is 9.77. The van der Waals surface area contributed by atoms with Gasteiger partial charge < -0.3 is 19.9 Å². The van der Waals surface area contributed by atoms with E-state index in [1.54, 1.807) is 9.80 Å². The maximum atomic E-state index is 12.7. The highest BCUT2D eigenvalue weighted by Gasteiger charge is 2.40. The van der Waals surface area contributed by atoms with Crippen molar-refractivity contribution in [1.29, 1.82) is 0 Å². The van der Waals surface area contributed by atoms with E-state index in [1.165, 1.54) is 5.56 Å². The summed E-state index contributed by atoms with van der Waals surface area (Å²) in [5, 5.41) is 3.10. The molecule has 2 fully saturated rings. The smallest absolute Gasteiger partial charge is 0.260 e. The summed E-state index contributed by atoms with van der Waals surface area (Å²) in [6.45, 7) is 11.7. The van der Waals surface area contributed by atoms with Gasteiger partial charge in [0.2, 0.25) is 11.8 Å². The van der Waals surface area contributed by atoms with Crippen LogP contribution in [-0.4, -0.2) is 65.3 Å². The van der Waals surface area contributed by atoms with Crippen molar-refractivity contribution >= 4 is 17.7 Å². The molecule has 2 aliphatic heterocycles. The second-order valence-electron chi connectivity index (χ2n) is 9.77. The number of piperidine rings is 1. The van der Waals surface area contributed by atoms with Crippen LogP contribution in [0.1, 0.15) is 51.2 Å². The van der Waals surface area contributed by atoms with Gasteiger partial charge in [-0.05, 0) is 70.7 Å². The number of amides is 3. The number of aryl methyl sites for hydroxylation is 2. The molecule has 31 heavy (non-hydrogen) atoms. The van der Waals surface area contributed by atoms with Gasteiger partial charge in [0.25, 0.3) is 5.91 Å². The van der Waals surface area contributed by atoms with Crippen molar-refractivity contribution in [3.05, 3.63) is 29.3 Å². The van der Waals surface area contributed by atoms with Crippen LogP contribution in [0.5, 0.6) is 5.75 Å². The van der Waals surface area contributed by atoms with Crippen LogP contribution in [0, 0.1) is 19.8 Å². The number of ether oxygens (including phenoxy) is 1. The molecule has 2 saturated heterocycles. The molecule has 0 saturated carbocycles. The molecule has 7 heteroatoms. The summed E-state index contributed by atoms with van der Waals surface area (Å²) >= 11 is 0.